The number of hydrogen-bond donors (Lipinski definition) is 2. The Kier molecular flexibility index (Phi) is 7.45. The highest BCUT2D eigenvalue weighted by atomic mass is 79.9. The molecule has 22 heavy (non-hydrogen) atoms. The second-order valence-corrected chi connectivity index (χ2v) is 6.00. The summed E-state index contributed by atoms with van der Waals surface area (Å²) in [6.07, 6.45) is 1.57. The van der Waals surface area contributed by atoms with Crippen LogP contribution in [0.2, 0.25) is 0 Å². The van der Waals surface area contributed by atoms with Gasteiger partial charge in [0.2, 0.25) is 5.91 Å². The van der Waals surface area contributed by atoms with Crippen molar-refractivity contribution in [3.05, 3.63) is 22.2 Å². The molecule has 0 aliphatic carbocycles. The van der Waals surface area contributed by atoms with E-state index in [0.29, 0.717) is 25.4 Å². The molecule has 0 aromatic heterocycles. The Bertz CT molecular complexity index is 528. The average molecular weight is 394 g/mol. The molecule has 0 saturated carbocycles. The minimum absolute atomic E-state index is 0. The Balaban J connectivity index is 0.00000242. The Hall–Kier alpha value is -0.980. The number of benzene rings is 1. The van der Waals surface area contributed by atoms with Gasteiger partial charge in [0.25, 0.3) is 0 Å². The highest BCUT2D eigenvalue weighted by Gasteiger charge is 2.21. The van der Waals surface area contributed by atoms with Crippen LogP contribution >= 0.6 is 28.3 Å². The number of nitrogens with two attached hydrogens (primary N) is 1. The maximum Gasteiger partial charge on any atom is 0.237 e. The molecule has 0 fully saturated rings. The van der Waals surface area contributed by atoms with Crippen LogP contribution in [0.4, 0.5) is 0 Å². The summed E-state index contributed by atoms with van der Waals surface area (Å²) in [6.45, 7) is 5.02. The number of amides is 1. The van der Waals surface area contributed by atoms with Crippen molar-refractivity contribution in [2.24, 2.45) is 5.73 Å². The van der Waals surface area contributed by atoms with E-state index in [1.54, 1.807) is 0 Å². The molecule has 2 rings (SSSR count). The van der Waals surface area contributed by atoms with Crippen molar-refractivity contribution in [2.75, 3.05) is 13.2 Å². The van der Waals surface area contributed by atoms with Gasteiger partial charge in [-0.05, 0) is 31.0 Å². The number of fused-ring (bicyclic) bond motifs is 1. The lowest BCUT2D eigenvalue weighted by molar-refractivity contribution is -0.123. The van der Waals surface area contributed by atoms with Gasteiger partial charge in [0, 0.05) is 4.47 Å². The predicted octanol–water partition coefficient (Wildman–Crippen LogP) is 2.95. The number of hydrogen-bond acceptors (Lipinski definition) is 4. The van der Waals surface area contributed by atoms with E-state index in [1.807, 2.05) is 26.0 Å². The highest BCUT2D eigenvalue weighted by Crippen LogP contribution is 2.37. The van der Waals surface area contributed by atoms with Crippen LogP contribution < -0.4 is 20.5 Å². The molecule has 0 bridgehead atoms. The maximum atomic E-state index is 12.0. The van der Waals surface area contributed by atoms with Crippen LogP contribution in [0.15, 0.2) is 16.6 Å². The Morgan fingerprint density at radius 2 is 1.95 bits per heavy atom. The minimum Gasteiger partial charge on any atom is -0.486 e. The van der Waals surface area contributed by atoms with Gasteiger partial charge in [-0.25, -0.2) is 0 Å². The smallest absolute Gasteiger partial charge is 0.237 e. The van der Waals surface area contributed by atoms with Crippen molar-refractivity contribution in [1.82, 2.24) is 5.32 Å². The summed E-state index contributed by atoms with van der Waals surface area (Å²) in [4.78, 5) is 12.0. The molecule has 124 valence electrons. The zero-order valence-corrected chi connectivity index (χ0v) is 15.1. The fourth-order valence-electron chi connectivity index (χ4n) is 2.25. The summed E-state index contributed by atoms with van der Waals surface area (Å²) in [5.74, 6) is 1.29. The van der Waals surface area contributed by atoms with Gasteiger partial charge in [0.15, 0.2) is 11.5 Å². The summed E-state index contributed by atoms with van der Waals surface area (Å²) in [5, 5.41) is 2.94. The second kappa shape index (κ2) is 8.60. The largest absolute Gasteiger partial charge is 0.486 e. The lowest BCUT2D eigenvalue weighted by atomic mass is 10.1. The third-order valence-corrected chi connectivity index (χ3v) is 4.11. The summed E-state index contributed by atoms with van der Waals surface area (Å²) >= 11 is 3.52. The van der Waals surface area contributed by atoms with Gasteiger partial charge in [-0.1, -0.05) is 29.3 Å². The average Bonchev–Trinajstić information content (AvgIpc) is 2.46. The molecule has 7 heteroatoms. The lowest BCUT2D eigenvalue weighted by Crippen LogP contribution is -2.41. The molecule has 0 saturated heterocycles. The van der Waals surface area contributed by atoms with Crippen LogP contribution in [0, 0.1) is 0 Å². The van der Waals surface area contributed by atoms with E-state index in [2.05, 4.69) is 21.2 Å². The first-order chi connectivity index (χ1) is 10.0. The van der Waals surface area contributed by atoms with Gasteiger partial charge in [-0.2, -0.15) is 0 Å². The Morgan fingerprint density at radius 1 is 1.36 bits per heavy atom. The van der Waals surface area contributed by atoms with Crippen LogP contribution in [-0.2, 0) is 4.79 Å². The Labute approximate surface area is 145 Å². The number of ether oxygens (including phenoxy) is 2. The third-order valence-electron chi connectivity index (χ3n) is 3.42. The first-order valence-corrected chi connectivity index (χ1v) is 7.97. The van der Waals surface area contributed by atoms with Crippen LogP contribution in [0.25, 0.3) is 0 Å². The minimum atomic E-state index is -0.464. The van der Waals surface area contributed by atoms with Gasteiger partial charge in [-0.3, -0.25) is 4.79 Å². The number of halogens is 2. The van der Waals surface area contributed by atoms with E-state index >= 15 is 0 Å². The van der Waals surface area contributed by atoms with Crippen molar-refractivity contribution < 1.29 is 14.3 Å². The van der Waals surface area contributed by atoms with E-state index in [9.17, 15) is 4.79 Å². The summed E-state index contributed by atoms with van der Waals surface area (Å²) in [5.41, 5.74) is 6.78. The first-order valence-electron chi connectivity index (χ1n) is 7.18. The van der Waals surface area contributed by atoms with E-state index in [0.717, 1.165) is 22.2 Å². The molecule has 0 radical (unpaired) electrons. The predicted molar refractivity (Wildman–Crippen MR) is 91.8 cm³/mol. The van der Waals surface area contributed by atoms with Crippen LogP contribution in [0.5, 0.6) is 11.5 Å². The fourth-order valence-corrected chi connectivity index (χ4v) is 2.92. The van der Waals surface area contributed by atoms with Gasteiger partial charge in [0.1, 0.15) is 13.2 Å². The maximum absolute atomic E-state index is 12.0. The highest BCUT2D eigenvalue weighted by molar-refractivity contribution is 9.10. The lowest BCUT2D eigenvalue weighted by Gasteiger charge is -2.23. The van der Waals surface area contributed by atoms with E-state index < -0.39 is 6.04 Å². The molecule has 1 aromatic rings. The number of rotatable bonds is 5. The van der Waals surface area contributed by atoms with Crippen LogP contribution in [0.1, 0.15) is 38.3 Å². The molecule has 2 unspecified atom stereocenters. The number of nitrogens with one attached hydrogen (secondary N) is 1. The normalized spacial score (nSPS) is 15.5. The van der Waals surface area contributed by atoms with E-state index in [-0.39, 0.29) is 24.4 Å². The topological polar surface area (TPSA) is 73.6 Å². The molecule has 1 aliphatic rings. The third kappa shape index (κ3) is 4.51. The molecule has 5 nitrogen and oxygen atoms in total. The quantitative estimate of drug-likeness (QED) is 0.806. The van der Waals surface area contributed by atoms with Crippen LogP contribution in [0.3, 0.4) is 0 Å². The standard InChI is InChI=1S/C15H21BrN2O3.ClH/c1-3-4-12(17)15(19)18-9(2)10-7-13-14(8-11(10)16)21-6-5-20-13;/h7-9,12H,3-6,17H2,1-2H3,(H,18,19);1H. The molecule has 0 spiro atoms. The summed E-state index contributed by atoms with van der Waals surface area (Å²) < 4.78 is 12.0. The monoisotopic (exact) mass is 392 g/mol. The number of carbonyl (C=O) groups excluding carboxylic acids is 1. The second-order valence-electron chi connectivity index (χ2n) is 5.14. The van der Waals surface area contributed by atoms with Gasteiger partial charge >= 0.3 is 0 Å². The van der Waals surface area contributed by atoms with Gasteiger partial charge in [-0.15, -0.1) is 12.4 Å². The fraction of sp³-hybridized carbons (Fsp3) is 0.533. The van der Waals surface area contributed by atoms with Crippen molar-refractivity contribution >= 4 is 34.2 Å². The van der Waals surface area contributed by atoms with Gasteiger partial charge in [0.05, 0.1) is 12.1 Å². The molecular weight excluding hydrogens is 372 g/mol. The molecule has 2 atom stereocenters. The first kappa shape index (κ1) is 19.1. The molecular formula is C15H22BrClN2O3. The Morgan fingerprint density at radius 3 is 2.55 bits per heavy atom. The molecule has 1 heterocycles. The van der Waals surface area contributed by atoms with Crippen molar-refractivity contribution in [3.63, 3.8) is 0 Å². The summed E-state index contributed by atoms with van der Waals surface area (Å²) in [7, 11) is 0. The van der Waals surface area contributed by atoms with Crippen molar-refractivity contribution in [2.45, 2.75) is 38.8 Å². The molecule has 1 aromatic carbocycles. The van der Waals surface area contributed by atoms with E-state index in [1.165, 1.54) is 0 Å². The summed E-state index contributed by atoms with van der Waals surface area (Å²) in [6, 6.07) is 3.15. The zero-order valence-electron chi connectivity index (χ0n) is 12.7. The molecule has 3 N–H and O–H groups in total. The molecule has 1 amide bonds. The van der Waals surface area contributed by atoms with Crippen LogP contribution in [-0.4, -0.2) is 25.2 Å². The number of carbonyl (C=O) groups is 1. The zero-order chi connectivity index (χ0) is 15.4. The van der Waals surface area contributed by atoms with Crippen molar-refractivity contribution in [3.8, 4) is 11.5 Å². The van der Waals surface area contributed by atoms with Crippen molar-refractivity contribution in [1.29, 1.82) is 0 Å². The van der Waals surface area contributed by atoms with E-state index in [4.69, 9.17) is 15.2 Å². The molecule has 1 aliphatic heterocycles. The van der Waals surface area contributed by atoms with Gasteiger partial charge < -0.3 is 20.5 Å². The SMILES string of the molecule is CCCC(N)C(=O)NC(C)c1cc2c(cc1Br)OCCO2.Cl.